The van der Waals surface area contributed by atoms with Gasteiger partial charge in [-0.15, -0.1) is 6.58 Å². The highest BCUT2D eigenvalue weighted by Crippen LogP contribution is 2.21. The second kappa shape index (κ2) is 3.66. The average Bonchev–Trinajstić information content (AvgIpc) is 2.04. The summed E-state index contributed by atoms with van der Waals surface area (Å²) >= 11 is 0. The van der Waals surface area contributed by atoms with Gasteiger partial charge in [-0.05, 0) is 20.3 Å². The Kier molecular flexibility index (Phi) is 2.78. The minimum atomic E-state index is -0.458. The van der Waals surface area contributed by atoms with E-state index in [0.717, 1.165) is 11.4 Å². The fraction of sp³-hybridized carbons (Fsp3) is 0.400. The molecule has 0 spiro atoms. The predicted molar refractivity (Wildman–Crippen MR) is 53.1 cm³/mol. The van der Waals surface area contributed by atoms with Crippen LogP contribution in [0.15, 0.2) is 25.0 Å². The number of rotatable bonds is 3. The molecule has 1 atom stereocenters. The van der Waals surface area contributed by atoms with Crippen molar-refractivity contribution in [2.45, 2.75) is 25.8 Å². The maximum Gasteiger partial charge on any atom is 0.0814 e. The summed E-state index contributed by atoms with van der Waals surface area (Å²) in [5, 5.41) is 0. The van der Waals surface area contributed by atoms with Gasteiger partial charge in [0.2, 0.25) is 0 Å². The Morgan fingerprint density at radius 3 is 2.69 bits per heavy atom. The first-order valence-electron chi connectivity index (χ1n) is 4.26. The van der Waals surface area contributed by atoms with Gasteiger partial charge in [0.15, 0.2) is 0 Å². The first kappa shape index (κ1) is 9.86. The first-order valence-corrected chi connectivity index (χ1v) is 4.26. The minimum absolute atomic E-state index is 0.458. The topological polar surface area (TPSA) is 51.8 Å². The van der Waals surface area contributed by atoms with Crippen molar-refractivity contribution in [2.75, 3.05) is 0 Å². The van der Waals surface area contributed by atoms with Crippen LogP contribution < -0.4 is 5.73 Å². The smallest absolute Gasteiger partial charge is 0.0814 e. The fourth-order valence-electron chi connectivity index (χ4n) is 1.36. The van der Waals surface area contributed by atoms with Gasteiger partial charge in [0.25, 0.3) is 0 Å². The number of aryl methyl sites for hydroxylation is 1. The normalized spacial score (nSPS) is 15.0. The van der Waals surface area contributed by atoms with Gasteiger partial charge in [-0.25, -0.2) is 0 Å². The van der Waals surface area contributed by atoms with Crippen molar-refractivity contribution in [2.24, 2.45) is 5.73 Å². The SMILES string of the molecule is C=CCC(C)(N)c1nccnc1C. The molecule has 0 saturated carbocycles. The number of hydrogen-bond donors (Lipinski definition) is 1. The Balaban J connectivity index is 3.06. The van der Waals surface area contributed by atoms with Crippen LogP contribution in [0.4, 0.5) is 0 Å². The lowest BCUT2D eigenvalue weighted by Crippen LogP contribution is -2.34. The zero-order valence-electron chi connectivity index (χ0n) is 8.12. The summed E-state index contributed by atoms with van der Waals surface area (Å²) in [5.74, 6) is 0. The highest BCUT2D eigenvalue weighted by Gasteiger charge is 2.23. The molecule has 0 fully saturated rings. The summed E-state index contributed by atoms with van der Waals surface area (Å²) in [4.78, 5) is 8.38. The molecule has 1 unspecified atom stereocenters. The Morgan fingerprint density at radius 2 is 2.15 bits per heavy atom. The summed E-state index contributed by atoms with van der Waals surface area (Å²) in [5.41, 5.74) is 7.34. The average molecular weight is 177 g/mol. The van der Waals surface area contributed by atoms with Gasteiger partial charge < -0.3 is 5.73 Å². The molecule has 0 aliphatic carbocycles. The van der Waals surface area contributed by atoms with Gasteiger partial charge in [0, 0.05) is 12.4 Å². The van der Waals surface area contributed by atoms with E-state index in [1.807, 2.05) is 13.8 Å². The molecule has 3 heteroatoms. The zero-order valence-corrected chi connectivity index (χ0v) is 8.12. The lowest BCUT2D eigenvalue weighted by molar-refractivity contribution is 0.480. The van der Waals surface area contributed by atoms with Crippen LogP contribution in [0, 0.1) is 6.92 Å². The Labute approximate surface area is 78.7 Å². The predicted octanol–water partition coefficient (Wildman–Crippen LogP) is 1.54. The molecule has 0 saturated heterocycles. The van der Waals surface area contributed by atoms with Crippen molar-refractivity contribution >= 4 is 0 Å². The standard InChI is InChI=1S/C10H15N3/c1-4-5-10(3,11)9-8(2)12-6-7-13-9/h4,6-7H,1,5,11H2,2-3H3. The molecule has 0 aliphatic rings. The third kappa shape index (κ3) is 2.12. The molecule has 1 aromatic rings. The molecule has 3 nitrogen and oxygen atoms in total. The molecule has 70 valence electrons. The Morgan fingerprint density at radius 1 is 1.54 bits per heavy atom. The number of hydrogen-bond acceptors (Lipinski definition) is 3. The van der Waals surface area contributed by atoms with Gasteiger partial charge in [0.05, 0.1) is 16.9 Å². The number of nitrogens with two attached hydrogens (primary N) is 1. The molecule has 0 aromatic carbocycles. The molecule has 0 amide bonds. The van der Waals surface area contributed by atoms with Gasteiger partial charge in [-0.1, -0.05) is 6.08 Å². The first-order chi connectivity index (χ1) is 6.08. The number of aromatic nitrogens is 2. The van der Waals surface area contributed by atoms with Crippen LogP contribution in [0.5, 0.6) is 0 Å². The van der Waals surface area contributed by atoms with Crippen molar-refractivity contribution in [1.82, 2.24) is 9.97 Å². The second-order valence-corrected chi connectivity index (χ2v) is 3.40. The van der Waals surface area contributed by atoms with Crippen molar-refractivity contribution in [3.05, 3.63) is 36.4 Å². The van der Waals surface area contributed by atoms with Crippen molar-refractivity contribution in [3.63, 3.8) is 0 Å². The summed E-state index contributed by atoms with van der Waals surface area (Å²) in [6.07, 6.45) is 5.83. The van der Waals surface area contributed by atoms with E-state index in [9.17, 15) is 0 Å². The monoisotopic (exact) mass is 177 g/mol. The molecule has 0 bridgehead atoms. The van der Waals surface area contributed by atoms with Crippen LogP contribution >= 0.6 is 0 Å². The van der Waals surface area contributed by atoms with Crippen molar-refractivity contribution in [3.8, 4) is 0 Å². The van der Waals surface area contributed by atoms with Crippen LogP contribution in [-0.2, 0) is 5.54 Å². The van der Waals surface area contributed by atoms with E-state index in [1.54, 1.807) is 18.5 Å². The largest absolute Gasteiger partial charge is 0.320 e. The second-order valence-electron chi connectivity index (χ2n) is 3.40. The van der Waals surface area contributed by atoms with Crippen LogP contribution in [0.1, 0.15) is 24.7 Å². The van der Waals surface area contributed by atoms with E-state index in [0.29, 0.717) is 6.42 Å². The Hall–Kier alpha value is -1.22. The van der Waals surface area contributed by atoms with Crippen LogP contribution in [0.25, 0.3) is 0 Å². The van der Waals surface area contributed by atoms with Gasteiger partial charge in [-0.2, -0.15) is 0 Å². The lowest BCUT2D eigenvalue weighted by atomic mass is 9.93. The van der Waals surface area contributed by atoms with Crippen LogP contribution in [0.2, 0.25) is 0 Å². The molecule has 13 heavy (non-hydrogen) atoms. The van der Waals surface area contributed by atoms with E-state index >= 15 is 0 Å². The van der Waals surface area contributed by atoms with E-state index in [1.165, 1.54) is 0 Å². The summed E-state index contributed by atoms with van der Waals surface area (Å²) in [6.45, 7) is 7.52. The molecule has 0 aliphatic heterocycles. The summed E-state index contributed by atoms with van der Waals surface area (Å²) in [7, 11) is 0. The van der Waals surface area contributed by atoms with E-state index in [4.69, 9.17) is 5.73 Å². The number of nitrogens with zero attached hydrogens (tertiary/aromatic N) is 2. The molecule has 0 radical (unpaired) electrons. The Bertz CT molecular complexity index is 305. The van der Waals surface area contributed by atoms with E-state index < -0.39 is 5.54 Å². The van der Waals surface area contributed by atoms with Crippen LogP contribution in [0.3, 0.4) is 0 Å². The van der Waals surface area contributed by atoms with Gasteiger partial charge in [0.1, 0.15) is 0 Å². The van der Waals surface area contributed by atoms with Crippen LogP contribution in [-0.4, -0.2) is 9.97 Å². The fourth-order valence-corrected chi connectivity index (χ4v) is 1.36. The van der Waals surface area contributed by atoms with E-state index in [2.05, 4.69) is 16.5 Å². The van der Waals surface area contributed by atoms with Gasteiger partial charge in [-0.3, -0.25) is 9.97 Å². The quantitative estimate of drug-likeness (QED) is 0.712. The highest BCUT2D eigenvalue weighted by atomic mass is 14.9. The highest BCUT2D eigenvalue weighted by molar-refractivity contribution is 5.19. The van der Waals surface area contributed by atoms with Crippen molar-refractivity contribution < 1.29 is 0 Å². The third-order valence-corrected chi connectivity index (χ3v) is 1.99. The molecule has 1 heterocycles. The minimum Gasteiger partial charge on any atom is -0.320 e. The third-order valence-electron chi connectivity index (χ3n) is 1.99. The zero-order chi connectivity index (χ0) is 9.90. The maximum atomic E-state index is 6.08. The molecular formula is C10H15N3. The molecule has 1 aromatic heterocycles. The van der Waals surface area contributed by atoms with Gasteiger partial charge >= 0.3 is 0 Å². The maximum absolute atomic E-state index is 6.08. The molecular weight excluding hydrogens is 162 g/mol. The summed E-state index contributed by atoms with van der Waals surface area (Å²) in [6, 6.07) is 0. The lowest BCUT2D eigenvalue weighted by Gasteiger charge is -2.23. The molecule has 1 rings (SSSR count). The summed E-state index contributed by atoms with van der Waals surface area (Å²) < 4.78 is 0. The van der Waals surface area contributed by atoms with E-state index in [-0.39, 0.29) is 0 Å². The molecule has 2 N–H and O–H groups in total. The van der Waals surface area contributed by atoms with Crippen molar-refractivity contribution in [1.29, 1.82) is 0 Å².